The van der Waals surface area contributed by atoms with E-state index < -0.39 is 23.5 Å². The van der Waals surface area contributed by atoms with Crippen molar-refractivity contribution in [3.63, 3.8) is 0 Å². The number of aromatic nitrogens is 2. The molecule has 2 aromatic rings. The second-order valence-electron chi connectivity index (χ2n) is 4.59. The van der Waals surface area contributed by atoms with Crippen LogP contribution in [-0.2, 0) is 13.0 Å². The quantitative estimate of drug-likeness (QED) is 0.506. The lowest BCUT2D eigenvalue weighted by Crippen LogP contribution is -2.31. The minimum atomic E-state index is -1.51. The van der Waals surface area contributed by atoms with Gasteiger partial charge in [-0.3, -0.25) is 10.5 Å². The normalized spacial score (nSPS) is 12.7. The fraction of sp³-hybridized carbons (Fsp3) is 0.357. The highest BCUT2D eigenvalue weighted by Crippen LogP contribution is 2.27. The summed E-state index contributed by atoms with van der Waals surface area (Å²) in [4.78, 5) is 0. The van der Waals surface area contributed by atoms with Crippen LogP contribution in [0.4, 0.5) is 13.2 Å². The highest BCUT2D eigenvalue weighted by Gasteiger charge is 2.24. The van der Waals surface area contributed by atoms with Crippen molar-refractivity contribution in [1.82, 2.24) is 15.2 Å². The molecule has 0 fully saturated rings. The van der Waals surface area contributed by atoms with Crippen molar-refractivity contribution < 1.29 is 13.2 Å². The molecule has 2 rings (SSSR count). The standard InChI is InChI=1S/C14H17F3N4/c1-3-8-7-11(21(4-2)20-8)14(19-18)9-5-6-10(15)13(17)12(9)16/h5-7,14,19H,3-4,18H2,1-2H3. The Morgan fingerprint density at radius 3 is 2.52 bits per heavy atom. The molecular formula is C14H17F3N4. The summed E-state index contributed by atoms with van der Waals surface area (Å²) in [7, 11) is 0. The zero-order valence-corrected chi connectivity index (χ0v) is 11.8. The molecule has 0 aliphatic rings. The van der Waals surface area contributed by atoms with Crippen molar-refractivity contribution in [1.29, 1.82) is 0 Å². The van der Waals surface area contributed by atoms with Crippen LogP contribution in [0.2, 0.25) is 0 Å². The molecule has 3 N–H and O–H groups in total. The van der Waals surface area contributed by atoms with Gasteiger partial charge in [-0.2, -0.15) is 5.10 Å². The largest absolute Gasteiger partial charge is 0.271 e. The van der Waals surface area contributed by atoms with E-state index in [1.54, 1.807) is 10.7 Å². The molecule has 21 heavy (non-hydrogen) atoms. The molecule has 1 heterocycles. The van der Waals surface area contributed by atoms with E-state index in [0.717, 1.165) is 11.8 Å². The molecule has 4 nitrogen and oxygen atoms in total. The van der Waals surface area contributed by atoms with E-state index in [2.05, 4.69) is 10.5 Å². The first-order valence-electron chi connectivity index (χ1n) is 6.69. The first kappa shape index (κ1) is 15.5. The third-order valence-electron chi connectivity index (χ3n) is 3.36. The van der Waals surface area contributed by atoms with E-state index in [-0.39, 0.29) is 5.56 Å². The molecule has 1 aromatic heterocycles. The molecule has 7 heteroatoms. The summed E-state index contributed by atoms with van der Waals surface area (Å²) in [5.41, 5.74) is 3.80. The number of hydrazine groups is 1. The smallest absolute Gasteiger partial charge is 0.194 e. The predicted octanol–water partition coefficient (Wildman–Crippen LogP) is 2.44. The average Bonchev–Trinajstić information content (AvgIpc) is 2.91. The summed E-state index contributed by atoms with van der Waals surface area (Å²) in [5.74, 6) is 1.50. The molecule has 0 aliphatic heterocycles. The highest BCUT2D eigenvalue weighted by atomic mass is 19.2. The summed E-state index contributed by atoms with van der Waals surface area (Å²) < 4.78 is 42.1. The monoisotopic (exact) mass is 298 g/mol. The maximum Gasteiger partial charge on any atom is 0.194 e. The van der Waals surface area contributed by atoms with Gasteiger partial charge in [-0.05, 0) is 25.5 Å². The van der Waals surface area contributed by atoms with Gasteiger partial charge in [-0.1, -0.05) is 13.0 Å². The van der Waals surface area contributed by atoms with Gasteiger partial charge in [0.1, 0.15) is 0 Å². The number of nitrogens with one attached hydrogen (secondary N) is 1. The number of aryl methyl sites for hydroxylation is 2. The van der Waals surface area contributed by atoms with Crippen LogP contribution in [0, 0.1) is 17.5 Å². The van der Waals surface area contributed by atoms with Crippen molar-refractivity contribution in [2.45, 2.75) is 32.9 Å². The van der Waals surface area contributed by atoms with Crippen LogP contribution in [-0.4, -0.2) is 9.78 Å². The Morgan fingerprint density at radius 1 is 1.24 bits per heavy atom. The topological polar surface area (TPSA) is 55.9 Å². The molecule has 0 saturated heterocycles. The van der Waals surface area contributed by atoms with Crippen LogP contribution >= 0.6 is 0 Å². The Morgan fingerprint density at radius 2 is 1.95 bits per heavy atom. The minimum absolute atomic E-state index is 0.0614. The summed E-state index contributed by atoms with van der Waals surface area (Å²) in [6, 6.07) is 3.02. The van der Waals surface area contributed by atoms with E-state index in [4.69, 9.17) is 5.84 Å². The Kier molecular flexibility index (Phi) is 4.64. The van der Waals surface area contributed by atoms with Crippen molar-refractivity contribution in [3.8, 4) is 0 Å². The fourth-order valence-corrected chi connectivity index (χ4v) is 2.24. The number of benzene rings is 1. The molecule has 0 spiro atoms. The van der Waals surface area contributed by atoms with Crippen LogP contribution in [0.3, 0.4) is 0 Å². The van der Waals surface area contributed by atoms with Crippen molar-refractivity contribution in [2.75, 3.05) is 0 Å². The lowest BCUT2D eigenvalue weighted by Gasteiger charge is -2.18. The van der Waals surface area contributed by atoms with E-state index in [1.165, 1.54) is 6.07 Å². The van der Waals surface area contributed by atoms with E-state index in [0.29, 0.717) is 18.7 Å². The van der Waals surface area contributed by atoms with E-state index in [1.807, 2.05) is 13.8 Å². The molecule has 1 atom stereocenters. The van der Waals surface area contributed by atoms with Crippen LogP contribution in [0.1, 0.15) is 36.8 Å². The SMILES string of the molecule is CCc1cc(C(NN)c2ccc(F)c(F)c2F)n(CC)n1. The molecule has 0 aliphatic carbocycles. The maximum atomic E-state index is 14.0. The zero-order valence-electron chi connectivity index (χ0n) is 11.8. The number of nitrogens with two attached hydrogens (primary N) is 1. The molecule has 1 aromatic carbocycles. The van der Waals surface area contributed by atoms with Crippen LogP contribution in [0.15, 0.2) is 18.2 Å². The lowest BCUT2D eigenvalue weighted by molar-refractivity contribution is 0.429. The van der Waals surface area contributed by atoms with Gasteiger partial charge in [0.2, 0.25) is 0 Å². The molecule has 1 unspecified atom stereocenters. The van der Waals surface area contributed by atoms with Crippen molar-refractivity contribution in [2.24, 2.45) is 5.84 Å². The second kappa shape index (κ2) is 6.28. The van der Waals surface area contributed by atoms with E-state index >= 15 is 0 Å². The summed E-state index contributed by atoms with van der Waals surface area (Å²) in [5, 5.41) is 4.34. The van der Waals surface area contributed by atoms with Crippen LogP contribution < -0.4 is 11.3 Å². The molecule has 0 bridgehead atoms. The second-order valence-corrected chi connectivity index (χ2v) is 4.59. The fourth-order valence-electron chi connectivity index (χ4n) is 2.24. The molecule has 114 valence electrons. The van der Waals surface area contributed by atoms with Crippen LogP contribution in [0.5, 0.6) is 0 Å². The molecular weight excluding hydrogens is 281 g/mol. The average molecular weight is 298 g/mol. The third kappa shape index (κ3) is 2.79. The predicted molar refractivity (Wildman–Crippen MR) is 72.8 cm³/mol. The highest BCUT2D eigenvalue weighted by molar-refractivity contribution is 5.31. The van der Waals surface area contributed by atoms with Crippen molar-refractivity contribution >= 4 is 0 Å². The minimum Gasteiger partial charge on any atom is -0.271 e. The summed E-state index contributed by atoms with van der Waals surface area (Å²) in [6.07, 6.45) is 0.706. The Labute approximate surface area is 120 Å². The van der Waals surface area contributed by atoms with Crippen molar-refractivity contribution in [3.05, 3.63) is 52.6 Å². The van der Waals surface area contributed by atoms with Gasteiger partial charge < -0.3 is 0 Å². The van der Waals surface area contributed by atoms with Gasteiger partial charge >= 0.3 is 0 Å². The van der Waals surface area contributed by atoms with Gasteiger partial charge in [0.05, 0.1) is 17.4 Å². The van der Waals surface area contributed by atoms with E-state index in [9.17, 15) is 13.2 Å². The molecule has 0 amide bonds. The van der Waals surface area contributed by atoms with Gasteiger partial charge in [-0.15, -0.1) is 0 Å². The first-order valence-corrected chi connectivity index (χ1v) is 6.69. The molecule has 0 radical (unpaired) electrons. The van der Waals surface area contributed by atoms with Gasteiger partial charge in [0.25, 0.3) is 0 Å². The van der Waals surface area contributed by atoms with Gasteiger partial charge in [0.15, 0.2) is 17.5 Å². The maximum absolute atomic E-state index is 14.0. The Bertz CT molecular complexity index is 639. The van der Waals surface area contributed by atoms with Gasteiger partial charge in [-0.25, -0.2) is 18.6 Å². The zero-order chi connectivity index (χ0) is 15.6. The number of halogens is 3. The Balaban J connectivity index is 2.54. The Hall–Kier alpha value is -1.86. The number of hydrogen-bond donors (Lipinski definition) is 2. The van der Waals surface area contributed by atoms with Crippen LogP contribution in [0.25, 0.3) is 0 Å². The molecule has 0 saturated carbocycles. The number of hydrogen-bond acceptors (Lipinski definition) is 3. The number of nitrogens with zero attached hydrogens (tertiary/aromatic N) is 2. The third-order valence-corrected chi connectivity index (χ3v) is 3.36. The first-order chi connectivity index (χ1) is 10.0. The number of rotatable bonds is 5. The summed E-state index contributed by atoms with van der Waals surface area (Å²) in [6.45, 7) is 4.37. The van der Waals surface area contributed by atoms with Gasteiger partial charge in [0, 0.05) is 12.1 Å². The lowest BCUT2D eigenvalue weighted by atomic mass is 10.0. The summed E-state index contributed by atoms with van der Waals surface area (Å²) >= 11 is 0.